The highest BCUT2D eigenvalue weighted by Gasteiger charge is 2.11. The summed E-state index contributed by atoms with van der Waals surface area (Å²) in [5, 5.41) is 2.78. The average Bonchev–Trinajstić information content (AvgIpc) is 2.51. The van der Waals surface area contributed by atoms with E-state index in [2.05, 4.69) is 10.1 Å². The molecule has 3 N–H and O–H groups in total. The van der Waals surface area contributed by atoms with Crippen LogP contribution in [-0.4, -0.2) is 38.7 Å². The Kier molecular flexibility index (Phi) is 7.42. The normalized spacial score (nSPS) is 11.8. The van der Waals surface area contributed by atoms with Gasteiger partial charge in [0.1, 0.15) is 0 Å². The molecular formula is C15H22N2O4. The number of nitrogens with one attached hydrogen (secondary N) is 1. The predicted molar refractivity (Wildman–Crippen MR) is 79.9 cm³/mol. The van der Waals surface area contributed by atoms with E-state index in [9.17, 15) is 9.59 Å². The Morgan fingerprint density at radius 1 is 1.24 bits per heavy atom. The minimum atomic E-state index is -0.274. The number of carbonyl (C=O) groups is 2. The summed E-state index contributed by atoms with van der Waals surface area (Å²) in [6.07, 6.45) is 0.898. The van der Waals surface area contributed by atoms with E-state index in [1.54, 1.807) is 12.1 Å². The molecule has 0 saturated carbocycles. The second-order valence-corrected chi connectivity index (χ2v) is 4.62. The smallest absolute Gasteiger partial charge is 0.305 e. The molecule has 6 heteroatoms. The maximum Gasteiger partial charge on any atom is 0.305 e. The Balaban J connectivity index is 2.46. The second-order valence-electron chi connectivity index (χ2n) is 4.62. The number of esters is 1. The lowest BCUT2D eigenvalue weighted by molar-refractivity contribution is -0.140. The lowest BCUT2D eigenvalue weighted by Gasteiger charge is -2.12. The highest BCUT2D eigenvalue weighted by molar-refractivity contribution is 5.91. The van der Waals surface area contributed by atoms with E-state index in [1.165, 1.54) is 14.2 Å². The third-order valence-electron chi connectivity index (χ3n) is 3.09. The van der Waals surface area contributed by atoms with Crippen LogP contribution < -0.4 is 11.1 Å². The van der Waals surface area contributed by atoms with Crippen LogP contribution in [0.4, 0.5) is 5.69 Å². The predicted octanol–water partition coefficient (Wildman–Crippen LogP) is 1.09. The van der Waals surface area contributed by atoms with Crippen molar-refractivity contribution in [1.82, 2.24) is 0 Å². The number of benzene rings is 1. The molecule has 0 aliphatic heterocycles. The molecule has 0 saturated heterocycles. The van der Waals surface area contributed by atoms with Gasteiger partial charge in [0, 0.05) is 25.8 Å². The first-order valence-electron chi connectivity index (χ1n) is 6.77. The summed E-state index contributed by atoms with van der Waals surface area (Å²) in [5.41, 5.74) is 7.18. The number of hydrogen-bond acceptors (Lipinski definition) is 5. The van der Waals surface area contributed by atoms with Gasteiger partial charge < -0.3 is 20.5 Å². The van der Waals surface area contributed by atoms with Crippen LogP contribution in [0, 0.1) is 0 Å². The van der Waals surface area contributed by atoms with Gasteiger partial charge in [-0.2, -0.15) is 0 Å². The number of nitrogens with two attached hydrogens (primary N) is 1. The van der Waals surface area contributed by atoms with E-state index < -0.39 is 0 Å². The van der Waals surface area contributed by atoms with E-state index in [1.807, 2.05) is 12.1 Å². The summed E-state index contributed by atoms with van der Waals surface area (Å²) in [6.45, 7) is 0.302. The molecule has 0 radical (unpaired) electrons. The molecule has 1 aromatic carbocycles. The zero-order chi connectivity index (χ0) is 15.7. The number of carbonyl (C=O) groups excluding carboxylic acids is 2. The lowest BCUT2D eigenvalue weighted by Crippen LogP contribution is -2.28. The van der Waals surface area contributed by atoms with Crippen LogP contribution in [0.25, 0.3) is 0 Å². The molecule has 0 bridgehead atoms. The van der Waals surface area contributed by atoms with Crippen LogP contribution in [-0.2, 0) is 25.5 Å². The molecule has 1 unspecified atom stereocenters. The van der Waals surface area contributed by atoms with Crippen LogP contribution in [0.1, 0.15) is 18.4 Å². The second kappa shape index (κ2) is 9.10. The standard InChI is InChI=1S/C15H22N2O4/c1-20-13(10-16)9-14(18)17-12-6-3-11(4-7-12)5-8-15(19)21-2/h3-4,6-7,13H,5,8-10,16H2,1-2H3,(H,17,18). The van der Waals surface area contributed by atoms with Crippen LogP contribution in [0.5, 0.6) is 0 Å². The third-order valence-corrected chi connectivity index (χ3v) is 3.09. The van der Waals surface area contributed by atoms with E-state index in [4.69, 9.17) is 10.5 Å². The van der Waals surface area contributed by atoms with Crippen LogP contribution in [0.2, 0.25) is 0 Å². The molecule has 116 valence electrons. The van der Waals surface area contributed by atoms with Gasteiger partial charge in [0.15, 0.2) is 0 Å². The Bertz CT molecular complexity index is 455. The Morgan fingerprint density at radius 2 is 1.90 bits per heavy atom. The topological polar surface area (TPSA) is 90.7 Å². The minimum Gasteiger partial charge on any atom is -0.469 e. The summed E-state index contributed by atoms with van der Waals surface area (Å²) >= 11 is 0. The fourth-order valence-electron chi connectivity index (χ4n) is 1.78. The summed E-state index contributed by atoms with van der Waals surface area (Å²) in [7, 11) is 2.90. The third kappa shape index (κ3) is 6.37. The van der Waals surface area contributed by atoms with Crippen molar-refractivity contribution in [3.8, 4) is 0 Å². The molecular weight excluding hydrogens is 272 g/mol. The first-order valence-corrected chi connectivity index (χ1v) is 6.77. The van der Waals surface area contributed by atoms with E-state index >= 15 is 0 Å². The highest BCUT2D eigenvalue weighted by atomic mass is 16.5. The van der Waals surface area contributed by atoms with Gasteiger partial charge >= 0.3 is 5.97 Å². The molecule has 0 fully saturated rings. The van der Waals surface area contributed by atoms with E-state index in [0.717, 1.165) is 5.56 Å². The largest absolute Gasteiger partial charge is 0.469 e. The summed E-state index contributed by atoms with van der Waals surface area (Å²) in [5.74, 6) is -0.380. The van der Waals surface area contributed by atoms with Crippen molar-refractivity contribution >= 4 is 17.6 Å². The summed E-state index contributed by atoms with van der Waals surface area (Å²) in [6, 6.07) is 7.34. The number of amides is 1. The van der Waals surface area contributed by atoms with Crippen LogP contribution in [0.3, 0.4) is 0 Å². The van der Waals surface area contributed by atoms with Crippen LogP contribution in [0.15, 0.2) is 24.3 Å². The highest BCUT2D eigenvalue weighted by Crippen LogP contribution is 2.12. The number of anilines is 1. The molecule has 0 spiro atoms. The zero-order valence-corrected chi connectivity index (χ0v) is 12.4. The number of ether oxygens (including phenoxy) is 2. The first kappa shape index (κ1) is 17.1. The van der Waals surface area contributed by atoms with Crippen molar-refractivity contribution in [3.63, 3.8) is 0 Å². The molecule has 1 aromatic rings. The van der Waals surface area contributed by atoms with Crippen molar-refractivity contribution in [3.05, 3.63) is 29.8 Å². The molecule has 0 heterocycles. The summed E-state index contributed by atoms with van der Waals surface area (Å²) in [4.78, 5) is 22.8. The van der Waals surface area contributed by atoms with Gasteiger partial charge in [-0.1, -0.05) is 12.1 Å². The van der Waals surface area contributed by atoms with Gasteiger partial charge in [-0.15, -0.1) is 0 Å². The summed E-state index contributed by atoms with van der Waals surface area (Å²) < 4.78 is 9.65. The number of rotatable bonds is 8. The molecule has 0 aliphatic carbocycles. The van der Waals surface area contributed by atoms with Crippen molar-refractivity contribution < 1.29 is 19.1 Å². The van der Waals surface area contributed by atoms with Gasteiger partial charge in [0.25, 0.3) is 0 Å². The van der Waals surface area contributed by atoms with Crippen molar-refractivity contribution in [2.45, 2.75) is 25.4 Å². The Morgan fingerprint density at radius 3 is 2.43 bits per heavy atom. The molecule has 0 aliphatic rings. The Labute approximate surface area is 124 Å². The number of aryl methyl sites for hydroxylation is 1. The zero-order valence-electron chi connectivity index (χ0n) is 12.4. The maximum absolute atomic E-state index is 11.8. The number of methoxy groups -OCH3 is 2. The molecule has 1 amide bonds. The minimum absolute atomic E-state index is 0.144. The van der Waals surface area contributed by atoms with Gasteiger partial charge in [-0.05, 0) is 24.1 Å². The fraction of sp³-hybridized carbons (Fsp3) is 0.467. The van der Waals surface area contributed by atoms with Gasteiger partial charge in [-0.25, -0.2) is 0 Å². The average molecular weight is 294 g/mol. The van der Waals surface area contributed by atoms with Crippen molar-refractivity contribution in [2.75, 3.05) is 26.1 Å². The first-order chi connectivity index (χ1) is 10.1. The quantitative estimate of drug-likeness (QED) is 0.700. The molecule has 0 aromatic heterocycles. The van der Waals surface area contributed by atoms with Gasteiger partial charge in [0.2, 0.25) is 5.91 Å². The van der Waals surface area contributed by atoms with Gasteiger partial charge in [0.05, 0.1) is 19.6 Å². The molecule has 1 atom stereocenters. The lowest BCUT2D eigenvalue weighted by atomic mass is 10.1. The SMILES string of the molecule is COC(=O)CCc1ccc(NC(=O)CC(CN)OC)cc1. The molecule has 6 nitrogen and oxygen atoms in total. The molecule has 21 heavy (non-hydrogen) atoms. The fourth-order valence-corrected chi connectivity index (χ4v) is 1.78. The van der Waals surface area contributed by atoms with Crippen molar-refractivity contribution in [2.24, 2.45) is 5.73 Å². The van der Waals surface area contributed by atoms with E-state index in [-0.39, 0.29) is 24.4 Å². The number of hydrogen-bond donors (Lipinski definition) is 2. The van der Waals surface area contributed by atoms with Crippen LogP contribution >= 0.6 is 0 Å². The Hall–Kier alpha value is -1.92. The van der Waals surface area contributed by atoms with Gasteiger partial charge in [-0.3, -0.25) is 9.59 Å². The van der Waals surface area contributed by atoms with Crippen molar-refractivity contribution in [1.29, 1.82) is 0 Å². The molecule has 1 rings (SSSR count). The maximum atomic E-state index is 11.8. The van der Waals surface area contributed by atoms with E-state index in [0.29, 0.717) is 25.1 Å². The monoisotopic (exact) mass is 294 g/mol.